The van der Waals surface area contributed by atoms with E-state index >= 15 is 0 Å². The fourth-order valence-corrected chi connectivity index (χ4v) is 5.40. The van der Waals surface area contributed by atoms with E-state index in [-0.39, 0.29) is 5.41 Å². The van der Waals surface area contributed by atoms with E-state index in [4.69, 9.17) is 4.74 Å². The molecular formula is C29H36N4O5S. The van der Waals surface area contributed by atoms with E-state index in [1.807, 2.05) is 36.4 Å². The van der Waals surface area contributed by atoms with Crippen LogP contribution in [0.3, 0.4) is 0 Å². The number of aromatic nitrogens is 2. The van der Waals surface area contributed by atoms with Gasteiger partial charge in [-0.15, -0.1) is 0 Å². The molecule has 3 aromatic rings. The van der Waals surface area contributed by atoms with Crippen LogP contribution >= 0.6 is 0 Å². The largest absolute Gasteiger partial charge is 0.496 e. The van der Waals surface area contributed by atoms with E-state index in [2.05, 4.69) is 35.4 Å². The highest BCUT2D eigenvalue weighted by molar-refractivity contribution is 7.92. The van der Waals surface area contributed by atoms with Crippen LogP contribution in [0.4, 0.5) is 5.69 Å². The van der Waals surface area contributed by atoms with Crippen LogP contribution in [-0.4, -0.2) is 49.3 Å². The number of anilines is 1. The molecule has 9 nitrogen and oxygen atoms in total. The fourth-order valence-electron chi connectivity index (χ4n) is 4.85. The minimum atomic E-state index is -3.40. The highest BCUT2D eigenvalue weighted by Gasteiger charge is 2.23. The second kappa shape index (κ2) is 11.2. The van der Waals surface area contributed by atoms with E-state index in [0.717, 1.165) is 54.4 Å². The lowest BCUT2D eigenvalue weighted by Gasteiger charge is -2.25. The highest BCUT2D eigenvalue weighted by Crippen LogP contribution is 2.37. The second-order valence-corrected chi connectivity index (χ2v) is 12.7. The van der Waals surface area contributed by atoms with Crippen molar-refractivity contribution in [3.63, 3.8) is 0 Å². The van der Waals surface area contributed by atoms with E-state index < -0.39 is 21.3 Å². The van der Waals surface area contributed by atoms with Crippen LogP contribution in [0.25, 0.3) is 17.8 Å². The number of ether oxygens (including phenoxy) is 1. The third kappa shape index (κ3) is 7.07. The molecule has 4 rings (SSSR count). The number of nitrogens with one attached hydrogen (secondary N) is 2. The van der Waals surface area contributed by atoms with Crippen molar-refractivity contribution in [3.8, 4) is 11.4 Å². The minimum Gasteiger partial charge on any atom is -0.496 e. The predicted octanol–water partition coefficient (Wildman–Crippen LogP) is 3.97. The molecule has 0 bridgehead atoms. The number of sulfonamides is 1. The van der Waals surface area contributed by atoms with Gasteiger partial charge in [-0.3, -0.25) is 24.0 Å². The number of hydrogen-bond donors (Lipinski definition) is 2. The topological polar surface area (TPSA) is 114 Å². The zero-order valence-electron chi connectivity index (χ0n) is 23.1. The van der Waals surface area contributed by atoms with Crippen molar-refractivity contribution in [2.75, 3.05) is 31.2 Å². The Morgan fingerprint density at radius 3 is 2.33 bits per heavy atom. The highest BCUT2D eigenvalue weighted by atomic mass is 32.2. The molecule has 2 heterocycles. The van der Waals surface area contributed by atoms with Crippen molar-refractivity contribution in [1.82, 2.24) is 14.5 Å². The molecular weight excluding hydrogens is 516 g/mol. The zero-order valence-corrected chi connectivity index (χ0v) is 23.9. The van der Waals surface area contributed by atoms with Crippen LogP contribution < -0.4 is 20.7 Å². The van der Waals surface area contributed by atoms with Crippen LogP contribution in [0.1, 0.15) is 55.9 Å². The van der Waals surface area contributed by atoms with Gasteiger partial charge < -0.3 is 4.74 Å². The molecule has 0 unspecified atom stereocenters. The lowest BCUT2D eigenvalue weighted by atomic mass is 9.84. The van der Waals surface area contributed by atoms with Crippen molar-refractivity contribution < 1.29 is 13.2 Å². The Morgan fingerprint density at radius 2 is 1.72 bits per heavy atom. The molecule has 1 fully saturated rings. The maximum Gasteiger partial charge on any atom is 0.332 e. The predicted molar refractivity (Wildman–Crippen MR) is 156 cm³/mol. The number of methoxy groups -OCH3 is 1. The summed E-state index contributed by atoms with van der Waals surface area (Å²) in [6.07, 6.45) is 8.83. The summed E-state index contributed by atoms with van der Waals surface area (Å²) in [6, 6.07) is 10.6. The average molecular weight is 553 g/mol. The van der Waals surface area contributed by atoms with Gasteiger partial charge >= 0.3 is 5.69 Å². The molecule has 0 spiro atoms. The van der Waals surface area contributed by atoms with Crippen LogP contribution in [0.5, 0.6) is 5.75 Å². The maximum atomic E-state index is 12.6. The quantitative estimate of drug-likeness (QED) is 0.409. The molecule has 10 heteroatoms. The third-order valence-corrected chi connectivity index (χ3v) is 7.30. The molecule has 1 aliphatic heterocycles. The minimum absolute atomic E-state index is 0.296. The first-order valence-corrected chi connectivity index (χ1v) is 14.8. The van der Waals surface area contributed by atoms with Crippen molar-refractivity contribution in [3.05, 3.63) is 85.7 Å². The molecule has 0 radical (unpaired) electrons. The van der Waals surface area contributed by atoms with Gasteiger partial charge in [-0.1, -0.05) is 39.0 Å². The molecule has 208 valence electrons. The number of rotatable bonds is 8. The second-order valence-electron chi connectivity index (χ2n) is 11.0. The summed E-state index contributed by atoms with van der Waals surface area (Å²) in [6.45, 7) is 8.92. The van der Waals surface area contributed by atoms with Gasteiger partial charge in [0.1, 0.15) is 5.75 Å². The standard InChI is InChI=1S/C29H36N4O5S/c1-29(2,3)25-18-24(33-15-12-26(34)30-28(33)35)17-21(27(25)38-4)9-8-20-10-11-23(31-39(5,36)37)16-22(20)19-32-13-6-7-14-32/h8-12,15-18,31H,6-7,13-14,19H2,1-5H3,(H,30,34,35). The van der Waals surface area contributed by atoms with Crippen molar-refractivity contribution in [2.24, 2.45) is 0 Å². The Balaban J connectivity index is 1.83. The summed E-state index contributed by atoms with van der Waals surface area (Å²) in [5, 5.41) is 0. The van der Waals surface area contributed by atoms with Gasteiger partial charge in [-0.2, -0.15) is 0 Å². The average Bonchev–Trinajstić information content (AvgIpc) is 3.34. The molecule has 0 atom stereocenters. The first kappa shape index (κ1) is 28.4. The van der Waals surface area contributed by atoms with Crippen molar-refractivity contribution in [2.45, 2.75) is 45.6 Å². The van der Waals surface area contributed by atoms with E-state index in [1.54, 1.807) is 13.2 Å². The first-order valence-electron chi connectivity index (χ1n) is 12.9. The molecule has 39 heavy (non-hydrogen) atoms. The Labute approximate surface area is 229 Å². The Kier molecular flexibility index (Phi) is 8.17. The van der Waals surface area contributed by atoms with Crippen LogP contribution in [0, 0.1) is 0 Å². The van der Waals surface area contributed by atoms with Crippen LogP contribution in [0.2, 0.25) is 0 Å². The first-order chi connectivity index (χ1) is 18.3. The van der Waals surface area contributed by atoms with Crippen molar-refractivity contribution in [1.29, 1.82) is 0 Å². The number of benzene rings is 2. The molecule has 0 saturated carbocycles. The van der Waals surface area contributed by atoms with Crippen LogP contribution in [-0.2, 0) is 22.0 Å². The van der Waals surface area contributed by atoms with E-state index in [0.29, 0.717) is 23.7 Å². The van der Waals surface area contributed by atoms with E-state index in [1.165, 1.54) is 16.8 Å². The lowest BCUT2D eigenvalue weighted by molar-refractivity contribution is 0.331. The van der Waals surface area contributed by atoms with Crippen LogP contribution in [0.15, 0.2) is 52.2 Å². The molecule has 1 aromatic heterocycles. The maximum absolute atomic E-state index is 12.6. The number of hydrogen-bond acceptors (Lipinski definition) is 6. The summed E-state index contributed by atoms with van der Waals surface area (Å²) < 4.78 is 33.5. The van der Waals surface area contributed by atoms with Gasteiger partial charge in [0.15, 0.2) is 0 Å². The van der Waals surface area contributed by atoms with Gasteiger partial charge in [0.05, 0.1) is 19.1 Å². The molecule has 2 aromatic carbocycles. The number of H-pyrrole nitrogens is 1. The summed E-state index contributed by atoms with van der Waals surface area (Å²) in [7, 11) is -1.78. The molecule has 1 aliphatic rings. The van der Waals surface area contributed by atoms with Gasteiger partial charge in [0, 0.05) is 35.6 Å². The third-order valence-electron chi connectivity index (χ3n) is 6.70. The number of aromatic amines is 1. The van der Waals surface area contributed by atoms with Crippen molar-refractivity contribution >= 4 is 27.9 Å². The van der Waals surface area contributed by atoms with E-state index in [9.17, 15) is 18.0 Å². The molecule has 0 aliphatic carbocycles. The van der Waals surface area contributed by atoms with Gasteiger partial charge in [0.25, 0.3) is 5.56 Å². The Bertz CT molecular complexity index is 1610. The molecule has 1 saturated heterocycles. The smallest absolute Gasteiger partial charge is 0.332 e. The number of nitrogens with zero attached hydrogens (tertiary/aromatic N) is 2. The molecule has 2 N–H and O–H groups in total. The SMILES string of the molecule is COc1c(C=Cc2ccc(NS(C)(=O)=O)cc2CN2CCCC2)cc(-n2ccc(=O)[nH]c2=O)cc1C(C)(C)C. The fraction of sp³-hybridized carbons (Fsp3) is 0.379. The molecule has 0 amide bonds. The number of likely N-dealkylation sites (tertiary alicyclic amines) is 1. The Morgan fingerprint density at radius 1 is 1.03 bits per heavy atom. The summed E-state index contributed by atoms with van der Waals surface area (Å²) in [5.74, 6) is 0.691. The van der Waals surface area contributed by atoms with Gasteiger partial charge in [-0.25, -0.2) is 13.2 Å². The van der Waals surface area contributed by atoms with Gasteiger partial charge in [-0.05, 0) is 66.7 Å². The summed E-state index contributed by atoms with van der Waals surface area (Å²) in [4.78, 5) is 28.9. The zero-order chi connectivity index (χ0) is 28.4. The van der Waals surface area contributed by atoms with Gasteiger partial charge in [0.2, 0.25) is 10.0 Å². The summed E-state index contributed by atoms with van der Waals surface area (Å²) in [5.41, 5.74) is 3.48. The monoisotopic (exact) mass is 552 g/mol. The summed E-state index contributed by atoms with van der Waals surface area (Å²) >= 11 is 0. The lowest BCUT2D eigenvalue weighted by Crippen LogP contribution is -2.28. The normalized spacial score (nSPS) is 14.7. The Hall–Kier alpha value is -3.63.